The molecule has 1 fully saturated rings. The molecule has 1 atom stereocenters. The fourth-order valence-electron chi connectivity index (χ4n) is 3.05. The van der Waals surface area contributed by atoms with E-state index in [0.717, 1.165) is 5.39 Å². The van der Waals surface area contributed by atoms with Crippen LogP contribution < -0.4 is 10.6 Å². The van der Waals surface area contributed by atoms with Crippen molar-refractivity contribution in [2.45, 2.75) is 24.8 Å². The number of carbonyl (C=O) groups is 1. The van der Waals surface area contributed by atoms with Gasteiger partial charge in [0.25, 0.3) is 0 Å². The van der Waals surface area contributed by atoms with E-state index in [4.69, 9.17) is 0 Å². The molecule has 128 valence electrons. The smallest absolute Gasteiger partial charge is 0.243 e. The molecule has 1 saturated heterocycles. The van der Waals surface area contributed by atoms with Crippen LogP contribution in [0, 0.1) is 0 Å². The molecule has 1 heterocycles. The van der Waals surface area contributed by atoms with E-state index >= 15 is 0 Å². The number of carbonyl (C=O) groups excluding carboxylic acids is 1. The Morgan fingerprint density at radius 2 is 1.92 bits per heavy atom. The van der Waals surface area contributed by atoms with Crippen LogP contribution in [-0.2, 0) is 14.8 Å². The summed E-state index contributed by atoms with van der Waals surface area (Å²) in [6, 6.07) is 10.6. The van der Waals surface area contributed by atoms with Gasteiger partial charge in [-0.25, -0.2) is 8.42 Å². The highest BCUT2D eigenvalue weighted by Gasteiger charge is 2.30. The second kappa shape index (κ2) is 6.51. The van der Waals surface area contributed by atoms with Gasteiger partial charge in [0.1, 0.15) is 0 Å². The van der Waals surface area contributed by atoms with Crippen molar-refractivity contribution in [1.82, 2.24) is 9.62 Å². The molecule has 3 rings (SSSR count). The van der Waals surface area contributed by atoms with Gasteiger partial charge in [-0.15, -0.1) is 0 Å². The molecule has 6 nitrogen and oxygen atoms in total. The number of hydrogen-bond acceptors (Lipinski definition) is 4. The lowest BCUT2D eigenvalue weighted by atomic mass is 10.1. The van der Waals surface area contributed by atoms with E-state index in [1.165, 1.54) is 11.2 Å². The van der Waals surface area contributed by atoms with Crippen LogP contribution in [0.15, 0.2) is 41.3 Å². The van der Waals surface area contributed by atoms with Gasteiger partial charge in [-0.1, -0.05) is 24.3 Å². The van der Waals surface area contributed by atoms with Gasteiger partial charge >= 0.3 is 0 Å². The fourth-order valence-corrected chi connectivity index (χ4v) is 4.77. The molecule has 7 heteroatoms. The number of piperazine rings is 1. The van der Waals surface area contributed by atoms with Crippen LogP contribution in [0.4, 0.5) is 5.69 Å². The van der Waals surface area contributed by atoms with Gasteiger partial charge in [0.05, 0.1) is 4.90 Å². The maximum atomic E-state index is 13.1. The molecule has 0 aliphatic carbocycles. The molecule has 2 aromatic carbocycles. The van der Waals surface area contributed by atoms with Gasteiger partial charge in [0.2, 0.25) is 15.9 Å². The molecule has 1 unspecified atom stereocenters. The number of sulfonamides is 1. The summed E-state index contributed by atoms with van der Waals surface area (Å²) in [7, 11) is -3.59. The van der Waals surface area contributed by atoms with Crippen molar-refractivity contribution < 1.29 is 13.2 Å². The van der Waals surface area contributed by atoms with Gasteiger partial charge in [0, 0.05) is 49.1 Å². The lowest BCUT2D eigenvalue weighted by Gasteiger charge is -2.31. The van der Waals surface area contributed by atoms with E-state index in [9.17, 15) is 13.2 Å². The highest BCUT2D eigenvalue weighted by atomic mass is 32.2. The van der Waals surface area contributed by atoms with E-state index in [1.54, 1.807) is 24.3 Å². The third kappa shape index (κ3) is 3.15. The average Bonchev–Trinajstić information content (AvgIpc) is 2.54. The number of anilines is 1. The second-order valence-electron chi connectivity index (χ2n) is 6.06. The van der Waals surface area contributed by atoms with Crippen LogP contribution in [0.1, 0.15) is 13.8 Å². The monoisotopic (exact) mass is 347 g/mol. The number of hydrogen-bond donors (Lipinski definition) is 2. The molecule has 24 heavy (non-hydrogen) atoms. The first-order valence-electron chi connectivity index (χ1n) is 7.92. The highest BCUT2D eigenvalue weighted by Crippen LogP contribution is 2.31. The number of nitrogens with zero attached hydrogens (tertiary/aromatic N) is 1. The molecule has 0 spiro atoms. The highest BCUT2D eigenvalue weighted by molar-refractivity contribution is 7.89. The summed E-state index contributed by atoms with van der Waals surface area (Å²) in [5, 5.41) is 7.35. The van der Waals surface area contributed by atoms with Crippen molar-refractivity contribution >= 4 is 32.4 Å². The maximum Gasteiger partial charge on any atom is 0.243 e. The molecule has 0 aromatic heterocycles. The summed E-state index contributed by atoms with van der Waals surface area (Å²) in [5.74, 6) is -0.188. The number of fused-ring (bicyclic) bond motifs is 1. The van der Waals surface area contributed by atoms with Crippen LogP contribution in [0.25, 0.3) is 10.8 Å². The summed E-state index contributed by atoms with van der Waals surface area (Å²) in [6.07, 6.45) is 0. The summed E-state index contributed by atoms with van der Waals surface area (Å²) < 4.78 is 27.7. The van der Waals surface area contributed by atoms with Crippen molar-refractivity contribution in [3.63, 3.8) is 0 Å². The minimum absolute atomic E-state index is 0.124. The Hall–Kier alpha value is -1.96. The van der Waals surface area contributed by atoms with Gasteiger partial charge in [-0.2, -0.15) is 4.31 Å². The Labute approximate surface area is 141 Å². The third-order valence-corrected chi connectivity index (χ3v) is 6.07. The fraction of sp³-hybridized carbons (Fsp3) is 0.353. The molecule has 2 aromatic rings. The maximum absolute atomic E-state index is 13.1. The first-order valence-corrected chi connectivity index (χ1v) is 9.36. The van der Waals surface area contributed by atoms with Crippen molar-refractivity contribution in [2.24, 2.45) is 0 Å². The molecule has 0 saturated carbocycles. The average molecular weight is 347 g/mol. The number of rotatable bonds is 3. The van der Waals surface area contributed by atoms with E-state index in [2.05, 4.69) is 10.6 Å². The normalized spacial score (nSPS) is 19.3. The Balaban J connectivity index is 2.11. The number of benzene rings is 2. The van der Waals surface area contributed by atoms with Crippen LogP contribution in [0.5, 0.6) is 0 Å². The minimum atomic E-state index is -3.59. The van der Waals surface area contributed by atoms with E-state index in [1.807, 2.05) is 19.1 Å². The molecular formula is C17H21N3O3S. The summed E-state index contributed by atoms with van der Waals surface area (Å²) in [5.41, 5.74) is 0.616. The van der Waals surface area contributed by atoms with Gasteiger partial charge < -0.3 is 10.6 Å². The number of nitrogens with one attached hydrogen (secondary N) is 2. The van der Waals surface area contributed by atoms with Crippen molar-refractivity contribution in [1.29, 1.82) is 0 Å². The summed E-state index contributed by atoms with van der Waals surface area (Å²) >= 11 is 0. The largest absolute Gasteiger partial charge is 0.326 e. The molecule has 1 aliphatic heterocycles. The minimum Gasteiger partial charge on any atom is -0.326 e. The van der Waals surface area contributed by atoms with Crippen LogP contribution in [0.3, 0.4) is 0 Å². The Kier molecular flexibility index (Phi) is 4.58. The second-order valence-corrected chi connectivity index (χ2v) is 7.96. The molecule has 0 bridgehead atoms. The molecule has 1 aliphatic rings. The first kappa shape index (κ1) is 16.9. The van der Waals surface area contributed by atoms with Crippen molar-refractivity contribution in [3.05, 3.63) is 36.4 Å². The first-order chi connectivity index (χ1) is 11.4. The predicted octanol–water partition coefficient (Wildman–Crippen LogP) is 1.78. The Morgan fingerprint density at radius 3 is 2.58 bits per heavy atom. The number of amides is 1. The van der Waals surface area contributed by atoms with E-state index in [-0.39, 0.29) is 16.8 Å². The molecule has 2 N–H and O–H groups in total. The summed E-state index contributed by atoms with van der Waals surface area (Å²) in [6.45, 7) is 4.95. The van der Waals surface area contributed by atoms with Gasteiger partial charge in [0.15, 0.2) is 0 Å². The zero-order valence-electron chi connectivity index (χ0n) is 13.7. The Morgan fingerprint density at radius 1 is 1.21 bits per heavy atom. The molecule has 0 radical (unpaired) electrons. The third-order valence-electron chi connectivity index (χ3n) is 4.14. The van der Waals surface area contributed by atoms with Crippen LogP contribution in [0.2, 0.25) is 0 Å². The lowest BCUT2D eigenvalue weighted by molar-refractivity contribution is -0.114. The van der Waals surface area contributed by atoms with Crippen molar-refractivity contribution in [3.8, 4) is 0 Å². The van der Waals surface area contributed by atoms with E-state index < -0.39 is 10.0 Å². The van der Waals surface area contributed by atoms with Crippen LogP contribution >= 0.6 is 0 Å². The molecule has 1 amide bonds. The van der Waals surface area contributed by atoms with E-state index in [0.29, 0.717) is 30.7 Å². The lowest BCUT2D eigenvalue weighted by Crippen LogP contribution is -2.51. The van der Waals surface area contributed by atoms with Gasteiger partial charge in [-0.3, -0.25) is 4.79 Å². The van der Waals surface area contributed by atoms with Gasteiger partial charge in [-0.05, 0) is 19.1 Å². The van der Waals surface area contributed by atoms with Crippen LogP contribution in [-0.4, -0.2) is 44.3 Å². The summed E-state index contributed by atoms with van der Waals surface area (Å²) in [4.78, 5) is 11.7. The topological polar surface area (TPSA) is 78.5 Å². The molecular weight excluding hydrogens is 326 g/mol. The van der Waals surface area contributed by atoms with Crippen molar-refractivity contribution in [2.75, 3.05) is 25.0 Å². The predicted molar refractivity (Wildman–Crippen MR) is 94.5 cm³/mol. The standard InChI is InChI=1S/C17H21N3O3S/c1-12-11-20(10-9-18-12)24(22,23)17-8-7-16(19-13(2)21)14-5-3-4-6-15(14)17/h3-8,12,18H,9-11H2,1-2H3,(H,19,21). The quantitative estimate of drug-likeness (QED) is 0.887. The SMILES string of the molecule is CC(=O)Nc1ccc(S(=O)(=O)N2CCNC(C)C2)c2ccccc12. The zero-order valence-corrected chi connectivity index (χ0v) is 14.6. The zero-order chi connectivity index (χ0) is 17.3. The Bertz CT molecular complexity index is 880.